The molecule has 2 nitrogen and oxygen atoms in total. The van der Waals surface area contributed by atoms with Gasteiger partial charge in [-0.05, 0) is 19.4 Å². The highest BCUT2D eigenvalue weighted by Crippen LogP contribution is 1.98. The third kappa shape index (κ3) is 9.95. The summed E-state index contributed by atoms with van der Waals surface area (Å²) in [5, 5.41) is 12.3. The first kappa shape index (κ1) is 11.9. The van der Waals surface area contributed by atoms with Crippen LogP contribution in [0.1, 0.15) is 25.7 Å². The minimum absolute atomic E-state index is 0.311. The summed E-state index contributed by atoms with van der Waals surface area (Å²) in [6.07, 6.45) is 4.34. The molecule has 0 aromatic heterocycles. The zero-order valence-corrected chi connectivity index (χ0v) is 8.24. The maximum Gasteiger partial charge on any atom is 0.0431 e. The largest absolute Gasteiger partial charge is 0.396 e. The highest BCUT2D eigenvalue weighted by atomic mass is 35.5. The van der Waals surface area contributed by atoms with Gasteiger partial charge in [0.25, 0.3) is 0 Å². The molecule has 0 amide bonds. The third-order valence-electron chi connectivity index (χ3n) is 1.58. The summed E-state index contributed by atoms with van der Waals surface area (Å²) in [7, 11) is 0. The highest BCUT2D eigenvalue weighted by Gasteiger charge is 1.90. The van der Waals surface area contributed by atoms with Crippen LogP contribution in [0, 0.1) is 0 Å². The number of unbranched alkanes of at least 4 members (excludes halogenated alkanes) is 3. The lowest BCUT2D eigenvalue weighted by atomic mass is 10.2. The first-order valence-corrected chi connectivity index (χ1v) is 4.80. The lowest BCUT2D eigenvalue weighted by molar-refractivity contribution is 0.282. The van der Waals surface area contributed by atoms with Crippen molar-refractivity contribution in [3.63, 3.8) is 0 Å². The van der Waals surface area contributed by atoms with E-state index in [1.54, 1.807) is 0 Å². The van der Waals surface area contributed by atoms with E-state index in [2.05, 4.69) is 11.9 Å². The van der Waals surface area contributed by atoms with E-state index in [-0.39, 0.29) is 0 Å². The zero-order valence-electron chi connectivity index (χ0n) is 7.48. The topological polar surface area (TPSA) is 32.3 Å². The Kier molecular flexibility index (Phi) is 9.00. The minimum Gasteiger partial charge on any atom is -0.396 e. The van der Waals surface area contributed by atoms with E-state index < -0.39 is 0 Å². The van der Waals surface area contributed by atoms with Gasteiger partial charge in [0.05, 0.1) is 0 Å². The van der Waals surface area contributed by atoms with Crippen molar-refractivity contribution in [3.05, 3.63) is 11.6 Å². The Morgan fingerprint density at radius 2 is 1.92 bits per heavy atom. The molecular formula is C9H18ClNO. The summed E-state index contributed by atoms with van der Waals surface area (Å²) in [5.74, 6) is 0. The molecule has 2 N–H and O–H groups in total. The monoisotopic (exact) mass is 191 g/mol. The predicted molar refractivity (Wildman–Crippen MR) is 53.4 cm³/mol. The van der Waals surface area contributed by atoms with Crippen LogP contribution in [-0.4, -0.2) is 24.8 Å². The SMILES string of the molecule is C=C(Cl)CNCCCCCCO. The number of hydrogen-bond donors (Lipinski definition) is 2. The molecule has 72 valence electrons. The second kappa shape index (κ2) is 9.04. The molecule has 12 heavy (non-hydrogen) atoms. The molecule has 0 saturated heterocycles. The van der Waals surface area contributed by atoms with Crippen molar-refractivity contribution in [3.8, 4) is 0 Å². The van der Waals surface area contributed by atoms with Gasteiger partial charge in [-0.25, -0.2) is 0 Å². The van der Waals surface area contributed by atoms with Gasteiger partial charge >= 0.3 is 0 Å². The molecular weight excluding hydrogens is 174 g/mol. The van der Waals surface area contributed by atoms with Gasteiger partial charge in [-0.3, -0.25) is 0 Å². The maximum absolute atomic E-state index is 8.50. The lowest BCUT2D eigenvalue weighted by Crippen LogP contribution is -2.16. The average molecular weight is 192 g/mol. The van der Waals surface area contributed by atoms with Crippen LogP contribution in [-0.2, 0) is 0 Å². The summed E-state index contributed by atoms with van der Waals surface area (Å²) in [4.78, 5) is 0. The summed E-state index contributed by atoms with van der Waals surface area (Å²) < 4.78 is 0. The number of hydrogen-bond acceptors (Lipinski definition) is 2. The molecule has 0 heterocycles. The van der Waals surface area contributed by atoms with Crippen LogP contribution in [0.3, 0.4) is 0 Å². The van der Waals surface area contributed by atoms with E-state index in [1.807, 2.05) is 0 Å². The third-order valence-corrected chi connectivity index (χ3v) is 1.71. The molecule has 0 atom stereocenters. The molecule has 0 spiro atoms. The van der Waals surface area contributed by atoms with Crippen LogP contribution in [0.4, 0.5) is 0 Å². The molecule has 0 aromatic carbocycles. The standard InChI is InChI=1S/C9H18ClNO/c1-9(10)8-11-6-4-2-3-5-7-12/h11-12H,1-8H2. The van der Waals surface area contributed by atoms with Crippen LogP contribution in [0.5, 0.6) is 0 Å². The average Bonchev–Trinajstić information content (AvgIpc) is 2.02. The van der Waals surface area contributed by atoms with Crippen molar-refractivity contribution < 1.29 is 5.11 Å². The van der Waals surface area contributed by atoms with Gasteiger partial charge in [-0.1, -0.05) is 31.0 Å². The van der Waals surface area contributed by atoms with Gasteiger partial charge in [0, 0.05) is 18.2 Å². The van der Waals surface area contributed by atoms with Gasteiger partial charge in [0.2, 0.25) is 0 Å². The van der Waals surface area contributed by atoms with Crippen molar-refractivity contribution in [1.29, 1.82) is 0 Å². The van der Waals surface area contributed by atoms with Gasteiger partial charge in [0.1, 0.15) is 0 Å². The normalized spacial score (nSPS) is 10.2. The lowest BCUT2D eigenvalue weighted by Gasteiger charge is -2.02. The molecule has 0 aliphatic carbocycles. The number of rotatable bonds is 8. The Morgan fingerprint density at radius 1 is 1.25 bits per heavy atom. The van der Waals surface area contributed by atoms with Gasteiger partial charge < -0.3 is 10.4 Å². The van der Waals surface area contributed by atoms with Crippen molar-refractivity contribution in [1.82, 2.24) is 5.32 Å². The molecule has 0 radical (unpaired) electrons. The van der Waals surface area contributed by atoms with Gasteiger partial charge in [-0.15, -0.1) is 0 Å². The van der Waals surface area contributed by atoms with Crippen molar-refractivity contribution in [2.45, 2.75) is 25.7 Å². The predicted octanol–water partition coefficient (Wildman–Crippen LogP) is 1.88. The van der Waals surface area contributed by atoms with Crippen LogP contribution in [0.15, 0.2) is 11.6 Å². The molecule has 3 heteroatoms. The highest BCUT2D eigenvalue weighted by molar-refractivity contribution is 6.29. The van der Waals surface area contributed by atoms with Gasteiger partial charge in [-0.2, -0.15) is 0 Å². The van der Waals surface area contributed by atoms with Crippen molar-refractivity contribution in [2.24, 2.45) is 0 Å². The summed E-state index contributed by atoms with van der Waals surface area (Å²) in [6, 6.07) is 0. The van der Waals surface area contributed by atoms with Crippen LogP contribution < -0.4 is 5.32 Å². The quantitative estimate of drug-likeness (QED) is 0.575. The van der Waals surface area contributed by atoms with Crippen molar-refractivity contribution >= 4 is 11.6 Å². The van der Waals surface area contributed by atoms with Crippen LogP contribution in [0.2, 0.25) is 0 Å². The molecule has 0 aliphatic rings. The smallest absolute Gasteiger partial charge is 0.0431 e. The van der Waals surface area contributed by atoms with E-state index in [0.717, 1.165) is 25.8 Å². The molecule has 0 rings (SSSR count). The van der Waals surface area contributed by atoms with Crippen molar-refractivity contribution in [2.75, 3.05) is 19.7 Å². The Bertz CT molecular complexity index is 117. The molecule has 0 fully saturated rings. The molecule has 0 unspecified atom stereocenters. The fourth-order valence-corrected chi connectivity index (χ4v) is 1.03. The fraction of sp³-hybridized carbons (Fsp3) is 0.778. The second-order valence-electron chi connectivity index (χ2n) is 2.83. The minimum atomic E-state index is 0.311. The van der Waals surface area contributed by atoms with E-state index in [1.165, 1.54) is 6.42 Å². The molecule has 0 bridgehead atoms. The Balaban J connectivity index is 2.86. The second-order valence-corrected chi connectivity index (χ2v) is 3.37. The molecule has 0 aromatic rings. The van der Waals surface area contributed by atoms with E-state index in [0.29, 0.717) is 18.2 Å². The van der Waals surface area contributed by atoms with E-state index >= 15 is 0 Å². The molecule has 0 saturated carbocycles. The number of halogens is 1. The summed E-state index contributed by atoms with van der Waals surface area (Å²) in [5.41, 5.74) is 0. The fourth-order valence-electron chi connectivity index (χ4n) is 0.939. The number of aliphatic hydroxyl groups is 1. The number of nitrogens with one attached hydrogen (secondary N) is 1. The maximum atomic E-state index is 8.50. The van der Waals surface area contributed by atoms with Crippen LogP contribution >= 0.6 is 11.6 Å². The summed E-state index contributed by atoms with van der Waals surface area (Å²) >= 11 is 5.55. The number of aliphatic hydroxyl groups excluding tert-OH is 1. The first-order chi connectivity index (χ1) is 5.77. The first-order valence-electron chi connectivity index (χ1n) is 4.42. The molecule has 0 aliphatic heterocycles. The van der Waals surface area contributed by atoms with Crippen LogP contribution in [0.25, 0.3) is 0 Å². The van der Waals surface area contributed by atoms with Gasteiger partial charge in [0.15, 0.2) is 0 Å². The Morgan fingerprint density at radius 3 is 2.50 bits per heavy atom. The van der Waals surface area contributed by atoms with E-state index in [9.17, 15) is 0 Å². The summed E-state index contributed by atoms with van der Waals surface area (Å²) in [6.45, 7) is 5.56. The Labute approximate surface area is 79.6 Å². The Hall–Kier alpha value is -0.0500. The zero-order chi connectivity index (χ0) is 9.23. The van der Waals surface area contributed by atoms with E-state index in [4.69, 9.17) is 16.7 Å².